The van der Waals surface area contributed by atoms with Crippen LogP contribution in [0.1, 0.15) is 21.5 Å². The van der Waals surface area contributed by atoms with Gasteiger partial charge in [0.15, 0.2) is 11.5 Å². The van der Waals surface area contributed by atoms with Gasteiger partial charge in [-0.2, -0.15) is 5.26 Å². The number of nitrogens with one attached hydrogen (secondary N) is 1. The Morgan fingerprint density at radius 2 is 1.75 bits per heavy atom. The Bertz CT molecular complexity index is 1180. The number of carboxylic acid groups (broad SMARTS) is 1. The number of para-hydroxylation sites is 1. The van der Waals surface area contributed by atoms with E-state index in [0.717, 1.165) is 5.56 Å². The number of ether oxygens (including phenoxy) is 2. The summed E-state index contributed by atoms with van der Waals surface area (Å²) in [7, 11) is 1.49. The second-order valence-corrected chi connectivity index (χ2v) is 6.69. The van der Waals surface area contributed by atoms with Crippen molar-refractivity contribution in [3.63, 3.8) is 0 Å². The lowest BCUT2D eigenvalue weighted by Gasteiger charge is -2.12. The minimum atomic E-state index is -0.989. The Morgan fingerprint density at radius 1 is 1.03 bits per heavy atom. The molecule has 160 valence electrons. The van der Waals surface area contributed by atoms with Crippen LogP contribution in [0, 0.1) is 11.3 Å². The first-order valence-corrected chi connectivity index (χ1v) is 9.61. The zero-order chi connectivity index (χ0) is 22.9. The van der Waals surface area contributed by atoms with Crippen LogP contribution in [0.2, 0.25) is 0 Å². The summed E-state index contributed by atoms with van der Waals surface area (Å²) in [5.74, 6) is -0.597. The second kappa shape index (κ2) is 10.5. The largest absolute Gasteiger partial charge is 0.493 e. The van der Waals surface area contributed by atoms with Gasteiger partial charge in [-0.05, 0) is 53.6 Å². The lowest BCUT2D eigenvalue weighted by molar-refractivity contribution is -0.112. The van der Waals surface area contributed by atoms with Gasteiger partial charge in [-0.15, -0.1) is 0 Å². The van der Waals surface area contributed by atoms with Crippen LogP contribution in [-0.2, 0) is 11.4 Å². The molecule has 0 saturated heterocycles. The normalized spacial score (nSPS) is 10.7. The summed E-state index contributed by atoms with van der Waals surface area (Å²) in [5, 5.41) is 21.1. The third-order valence-electron chi connectivity index (χ3n) is 4.49. The van der Waals surface area contributed by atoms with Gasteiger partial charge >= 0.3 is 5.97 Å². The van der Waals surface area contributed by atoms with E-state index in [1.165, 1.54) is 25.3 Å². The summed E-state index contributed by atoms with van der Waals surface area (Å²) in [6, 6.07) is 22.2. The minimum Gasteiger partial charge on any atom is -0.493 e. The highest BCUT2D eigenvalue weighted by Gasteiger charge is 2.11. The molecule has 0 bridgehead atoms. The quantitative estimate of drug-likeness (QED) is 0.403. The van der Waals surface area contributed by atoms with Crippen LogP contribution in [-0.4, -0.2) is 24.1 Å². The molecule has 0 unspecified atom stereocenters. The van der Waals surface area contributed by atoms with Gasteiger partial charge in [-0.25, -0.2) is 4.79 Å². The fraction of sp³-hybridized carbons (Fsp3) is 0.0800. The molecule has 3 rings (SSSR count). The average Bonchev–Trinajstić information content (AvgIpc) is 2.82. The predicted molar refractivity (Wildman–Crippen MR) is 119 cm³/mol. The van der Waals surface area contributed by atoms with Crippen molar-refractivity contribution in [3.8, 4) is 17.6 Å². The molecule has 3 aromatic carbocycles. The van der Waals surface area contributed by atoms with E-state index in [2.05, 4.69) is 5.32 Å². The molecule has 0 aliphatic carbocycles. The van der Waals surface area contributed by atoms with Gasteiger partial charge in [0.05, 0.1) is 12.7 Å². The van der Waals surface area contributed by atoms with Gasteiger partial charge in [0.25, 0.3) is 5.91 Å². The van der Waals surface area contributed by atoms with Gasteiger partial charge < -0.3 is 19.9 Å². The van der Waals surface area contributed by atoms with E-state index < -0.39 is 11.9 Å². The lowest BCUT2D eigenvalue weighted by Crippen LogP contribution is -2.13. The number of methoxy groups -OCH3 is 1. The number of carboxylic acids is 1. The molecule has 0 atom stereocenters. The maximum Gasteiger partial charge on any atom is 0.335 e. The summed E-state index contributed by atoms with van der Waals surface area (Å²) in [6.07, 6.45) is 1.47. The number of hydrogen-bond acceptors (Lipinski definition) is 5. The monoisotopic (exact) mass is 428 g/mol. The van der Waals surface area contributed by atoms with Crippen molar-refractivity contribution < 1.29 is 24.2 Å². The predicted octanol–water partition coefficient (Wildman–Crippen LogP) is 4.52. The number of nitriles is 1. The van der Waals surface area contributed by atoms with Gasteiger partial charge in [0, 0.05) is 5.69 Å². The zero-order valence-corrected chi connectivity index (χ0v) is 17.2. The van der Waals surface area contributed by atoms with Crippen molar-refractivity contribution >= 4 is 23.6 Å². The number of hydrogen-bond donors (Lipinski definition) is 2. The van der Waals surface area contributed by atoms with E-state index in [1.807, 2.05) is 12.1 Å². The summed E-state index contributed by atoms with van der Waals surface area (Å²) in [5.41, 5.74) is 2.14. The SMILES string of the molecule is COc1cc(C=C(C#N)C(=O)Nc2ccccc2)ccc1OCc1ccc(C(=O)O)cc1. The molecule has 0 aromatic heterocycles. The highest BCUT2D eigenvalue weighted by molar-refractivity contribution is 6.09. The van der Waals surface area contributed by atoms with E-state index in [9.17, 15) is 14.9 Å². The van der Waals surface area contributed by atoms with Crippen molar-refractivity contribution in [2.75, 3.05) is 12.4 Å². The van der Waals surface area contributed by atoms with Crippen LogP contribution >= 0.6 is 0 Å². The van der Waals surface area contributed by atoms with Crippen LogP contribution in [0.4, 0.5) is 5.69 Å². The van der Waals surface area contributed by atoms with E-state index in [0.29, 0.717) is 22.7 Å². The van der Waals surface area contributed by atoms with Crippen molar-refractivity contribution in [1.82, 2.24) is 0 Å². The van der Waals surface area contributed by atoms with Crippen molar-refractivity contribution in [1.29, 1.82) is 5.26 Å². The first-order chi connectivity index (χ1) is 15.5. The molecule has 0 aliphatic heterocycles. The van der Waals surface area contributed by atoms with Crippen LogP contribution in [0.3, 0.4) is 0 Å². The maximum absolute atomic E-state index is 12.4. The fourth-order valence-corrected chi connectivity index (χ4v) is 2.83. The Hall–Kier alpha value is -4.57. The first-order valence-electron chi connectivity index (χ1n) is 9.61. The number of aromatic carboxylic acids is 1. The highest BCUT2D eigenvalue weighted by Crippen LogP contribution is 2.30. The molecule has 32 heavy (non-hydrogen) atoms. The molecule has 0 fully saturated rings. The van der Waals surface area contributed by atoms with E-state index in [-0.39, 0.29) is 17.7 Å². The summed E-state index contributed by atoms with van der Waals surface area (Å²) < 4.78 is 11.2. The van der Waals surface area contributed by atoms with E-state index >= 15 is 0 Å². The van der Waals surface area contributed by atoms with Crippen molar-refractivity contribution in [2.45, 2.75) is 6.61 Å². The second-order valence-electron chi connectivity index (χ2n) is 6.69. The number of nitrogens with zero attached hydrogens (tertiary/aromatic N) is 1. The van der Waals surface area contributed by atoms with Crippen LogP contribution < -0.4 is 14.8 Å². The molecular weight excluding hydrogens is 408 g/mol. The number of amides is 1. The fourth-order valence-electron chi connectivity index (χ4n) is 2.83. The van der Waals surface area contributed by atoms with Crippen molar-refractivity contribution in [2.24, 2.45) is 0 Å². The van der Waals surface area contributed by atoms with Crippen LogP contribution in [0.15, 0.2) is 78.4 Å². The van der Waals surface area contributed by atoms with E-state index in [1.54, 1.807) is 54.6 Å². The van der Waals surface area contributed by atoms with Gasteiger partial charge in [-0.1, -0.05) is 36.4 Å². The smallest absolute Gasteiger partial charge is 0.335 e. The molecule has 0 saturated carbocycles. The molecular formula is C25H20N2O5. The molecule has 0 spiro atoms. The molecule has 7 heteroatoms. The van der Waals surface area contributed by atoms with E-state index in [4.69, 9.17) is 14.6 Å². The lowest BCUT2D eigenvalue weighted by atomic mass is 10.1. The standard InChI is InChI=1S/C25H20N2O5/c1-31-23-14-18(13-20(15-26)24(28)27-21-5-3-2-4-6-21)9-12-22(23)32-16-17-7-10-19(11-8-17)25(29)30/h2-14H,16H2,1H3,(H,27,28)(H,29,30). The van der Waals surface area contributed by atoms with Gasteiger partial charge in [-0.3, -0.25) is 4.79 Å². The maximum atomic E-state index is 12.4. The first kappa shape index (κ1) is 22.1. The van der Waals surface area contributed by atoms with Crippen molar-refractivity contribution in [3.05, 3.63) is 95.1 Å². The van der Waals surface area contributed by atoms with Gasteiger partial charge in [0.2, 0.25) is 0 Å². The third kappa shape index (κ3) is 5.74. The Morgan fingerprint density at radius 3 is 2.38 bits per heavy atom. The topological polar surface area (TPSA) is 109 Å². The number of carbonyl (C=O) groups excluding carboxylic acids is 1. The molecule has 0 radical (unpaired) electrons. The Kier molecular flexibility index (Phi) is 7.23. The molecule has 3 aromatic rings. The molecule has 2 N–H and O–H groups in total. The summed E-state index contributed by atoms with van der Waals surface area (Å²) >= 11 is 0. The van der Waals surface area contributed by atoms with Gasteiger partial charge in [0.1, 0.15) is 18.2 Å². The van der Waals surface area contributed by atoms with Crippen LogP contribution in [0.5, 0.6) is 11.5 Å². The molecule has 1 amide bonds. The molecule has 0 heterocycles. The minimum absolute atomic E-state index is 0.0527. The number of carbonyl (C=O) groups is 2. The molecule has 7 nitrogen and oxygen atoms in total. The number of rotatable bonds is 8. The average molecular weight is 428 g/mol. The number of benzene rings is 3. The van der Waals surface area contributed by atoms with Crippen LogP contribution in [0.25, 0.3) is 6.08 Å². The summed E-state index contributed by atoms with van der Waals surface area (Å²) in [6.45, 7) is 0.217. The molecule has 0 aliphatic rings. The highest BCUT2D eigenvalue weighted by atomic mass is 16.5. The number of anilines is 1. The Balaban J connectivity index is 1.72. The third-order valence-corrected chi connectivity index (χ3v) is 4.49. The summed E-state index contributed by atoms with van der Waals surface area (Å²) in [4.78, 5) is 23.3. The zero-order valence-electron chi connectivity index (χ0n) is 17.2. The Labute approximate surface area is 185 Å².